The molecule has 0 aromatic heterocycles. The van der Waals surface area contributed by atoms with E-state index < -0.39 is 30.3 Å². The van der Waals surface area contributed by atoms with E-state index in [4.69, 9.17) is 11.6 Å². The maximum absolute atomic E-state index is 13.9. The summed E-state index contributed by atoms with van der Waals surface area (Å²) in [6.07, 6.45) is 0.970. The Hall–Kier alpha value is -1.95. The number of nitrogens with one attached hydrogen (secondary N) is 1. The molecule has 118 valence electrons. The van der Waals surface area contributed by atoms with Crippen LogP contribution >= 0.6 is 11.6 Å². The molecule has 4 nitrogen and oxygen atoms in total. The molecule has 1 aromatic rings. The predicted molar refractivity (Wildman–Crippen MR) is 79.2 cm³/mol. The molecule has 1 atom stereocenters. The zero-order valence-electron chi connectivity index (χ0n) is 11.9. The van der Waals surface area contributed by atoms with Crippen LogP contribution in [0.1, 0.15) is 15.9 Å². The Morgan fingerprint density at radius 2 is 2.18 bits per heavy atom. The van der Waals surface area contributed by atoms with Crippen LogP contribution in [0.2, 0.25) is 5.02 Å². The average Bonchev–Trinajstić information content (AvgIpc) is 2.76. The number of aryl methyl sites for hydroxylation is 1. The van der Waals surface area contributed by atoms with Crippen LogP contribution in [0.15, 0.2) is 30.9 Å². The van der Waals surface area contributed by atoms with Gasteiger partial charge >= 0.3 is 0 Å². The summed E-state index contributed by atoms with van der Waals surface area (Å²) in [7, 11) is 0. The van der Waals surface area contributed by atoms with Crippen molar-refractivity contribution >= 4 is 23.4 Å². The number of hydrogen-bond donors (Lipinski definition) is 1. The van der Waals surface area contributed by atoms with Crippen molar-refractivity contribution in [3.05, 3.63) is 47.0 Å². The highest BCUT2D eigenvalue weighted by Gasteiger charge is 2.50. The van der Waals surface area contributed by atoms with Crippen LogP contribution in [-0.4, -0.2) is 41.8 Å². The van der Waals surface area contributed by atoms with Gasteiger partial charge in [-0.1, -0.05) is 30.3 Å². The van der Waals surface area contributed by atoms with Gasteiger partial charge in [0.15, 0.2) is 0 Å². The third-order valence-electron chi connectivity index (χ3n) is 3.54. The van der Waals surface area contributed by atoms with Gasteiger partial charge in [-0.25, -0.2) is 8.78 Å². The lowest BCUT2D eigenvalue weighted by Crippen LogP contribution is -2.46. The quantitative estimate of drug-likeness (QED) is 0.866. The number of rotatable bonds is 3. The minimum absolute atomic E-state index is 0.131. The largest absolute Gasteiger partial charge is 0.341 e. The molecule has 1 unspecified atom stereocenters. The fourth-order valence-electron chi connectivity index (χ4n) is 2.29. The standard InChI is InChI=1S/C15H15ClF2N2O2/c1-3-12(21)20-7-11(15(17,18)8-20)19-14(22)10-6-4-5-9(2)13(10)16/h3-6,11H,1,7-8H2,2H3,(H,19,22). The van der Waals surface area contributed by atoms with Crippen LogP contribution in [-0.2, 0) is 4.79 Å². The number of likely N-dealkylation sites (tertiary alicyclic amines) is 1. The lowest BCUT2D eigenvalue weighted by atomic mass is 10.1. The molecular formula is C15H15ClF2N2O2. The first-order valence-electron chi connectivity index (χ1n) is 6.61. The SMILES string of the molecule is C=CC(=O)N1CC(NC(=O)c2cccc(C)c2Cl)C(F)(F)C1. The Labute approximate surface area is 131 Å². The van der Waals surface area contributed by atoms with Gasteiger partial charge in [0, 0.05) is 6.54 Å². The van der Waals surface area contributed by atoms with Gasteiger partial charge in [-0.15, -0.1) is 0 Å². The summed E-state index contributed by atoms with van der Waals surface area (Å²) in [5.74, 6) is -4.48. The van der Waals surface area contributed by atoms with Gasteiger partial charge in [-0.05, 0) is 24.6 Å². The number of benzene rings is 1. The van der Waals surface area contributed by atoms with Gasteiger partial charge < -0.3 is 10.2 Å². The lowest BCUT2D eigenvalue weighted by molar-refractivity contribution is -0.126. The van der Waals surface area contributed by atoms with Crippen molar-refractivity contribution in [1.29, 1.82) is 0 Å². The molecule has 7 heteroatoms. The van der Waals surface area contributed by atoms with Crippen molar-refractivity contribution in [2.75, 3.05) is 13.1 Å². The summed E-state index contributed by atoms with van der Waals surface area (Å²) in [6, 6.07) is 3.34. The third kappa shape index (κ3) is 3.11. The lowest BCUT2D eigenvalue weighted by Gasteiger charge is -2.19. The minimum Gasteiger partial charge on any atom is -0.341 e. The van der Waals surface area contributed by atoms with Crippen molar-refractivity contribution in [2.24, 2.45) is 0 Å². The maximum atomic E-state index is 13.9. The van der Waals surface area contributed by atoms with Gasteiger partial charge in [0.25, 0.3) is 11.8 Å². The van der Waals surface area contributed by atoms with Gasteiger partial charge in [0.1, 0.15) is 6.04 Å². The topological polar surface area (TPSA) is 49.4 Å². The van der Waals surface area contributed by atoms with E-state index in [1.807, 2.05) is 0 Å². The van der Waals surface area contributed by atoms with Gasteiger partial charge in [-0.3, -0.25) is 9.59 Å². The normalized spacial score (nSPS) is 19.8. The fourth-order valence-corrected chi connectivity index (χ4v) is 2.50. The monoisotopic (exact) mass is 328 g/mol. The van der Waals surface area contributed by atoms with Crippen molar-refractivity contribution in [3.63, 3.8) is 0 Å². The van der Waals surface area contributed by atoms with E-state index in [-0.39, 0.29) is 17.1 Å². The molecule has 2 amide bonds. The molecule has 1 saturated heterocycles. The highest BCUT2D eigenvalue weighted by atomic mass is 35.5. The molecule has 0 bridgehead atoms. The molecule has 1 aliphatic rings. The van der Waals surface area contributed by atoms with E-state index in [1.54, 1.807) is 19.1 Å². The molecule has 1 aromatic carbocycles. The molecule has 1 N–H and O–H groups in total. The number of hydrogen-bond acceptors (Lipinski definition) is 2. The Morgan fingerprint density at radius 1 is 1.50 bits per heavy atom. The van der Waals surface area contributed by atoms with E-state index in [0.717, 1.165) is 11.0 Å². The smallest absolute Gasteiger partial charge is 0.286 e. The zero-order chi connectivity index (χ0) is 16.5. The van der Waals surface area contributed by atoms with Crippen LogP contribution in [0.5, 0.6) is 0 Å². The molecule has 0 spiro atoms. The summed E-state index contributed by atoms with van der Waals surface area (Å²) >= 11 is 6.02. The molecule has 2 rings (SSSR count). The van der Waals surface area contributed by atoms with E-state index >= 15 is 0 Å². The molecule has 1 heterocycles. The second-order valence-electron chi connectivity index (χ2n) is 5.15. The summed E-state index contributed by atoms with van der Waals surface area (Å²) < 4.78 is 27.9. The number of halogens is 3. The predicted octanol–water partition coefficient (Wildman–Crippen LogP) is 2.41. The van der Waals surface area contributed by atoms with Crippen molar-refractivity contribution in [3.8, 4) is 0 Å². The molecule has 1 aliphatic heterocycles. The first kappa shape index (κ1) is 16.4. The molecular weight excluding hydrogens is 314 g/mol. The summed E-state index contributed by atoms with van der Waals surface area (Å²) in [4.78, 5) is 24.6. The Balaban J connectivity index is 2.16. The number of amides is 2. The Morgan fingerprint density at radius 3 is 2.82 bits per heavy atom. The summed E-state index contributed by atoms with van der Waals surface area (Å²) in [5.41, 5.74) is 0.807. The second kappa shape index (κ2) is 6.04. The number of alkyl halides is 2. The minimum atomic E-state index is -3.20. The van der Waals surface area contributed by atoms with Crippen molar-refractivity contribution < 1.29 is 18.4 Å². The molecule has 0 radical (unpaired) electrons. The first-order valence-corrected chi connectivity index (χ1v) is 6.99. The summed E-state index contributed by atoms with van der Waals surface area (Å²) in [6.45, 7) is 3.97. The van der Waals surface area contributed by atoms with Gasteiger partial charge in [0.05, 0.1) is 17.1 Å². The third-order valence-corrected chi connectivity index (χ3v) is 4.04. The van der Waals surface area contributed by atoms with Gasteiger partial charge in [0.2, 0.25) is 5.91 Å². The number of carbonyl (C=O) groups is 2. The fraction of sp³-hybridized carbons (Fsp3) is 0.333. The highest BCUT2D eigenvalue weighted by Crippen LogP contribution is 2.29. The Bertz CT molecular complexity index is 634. The van der Waals surface area contributed by atoms with Gasteiger partial charge in [-0.2, -0.15) is 0 Å². The molecule has 0 aliphatic carbocycles. The average molecular weight is 329 g/mol. The van der Waals surface area contributed by atoms with E-state index in [9.17, 15) is 18.4 Å². The Kier molecular flexibility index (Phi) is 4.51. The molecule has 22 heavy (non-hydrogen) atoms. The molecule has 1 fully saturated rings. The van der Waals surface area contributed by atoms with Crippen LogP contribution < -0.4 is 5.32 Å². The van der Waals surface area contributed by atoms with Crippen molar-refractivity contribution in [2.45, 2.75) is 18.9 Å². The number of nitrogens with zero attached hydrogens (tertiary/aromatic N) is 1. The first-order chi connectivity index (χ1) is 10.3. The maximum Gasteiger partial charge on any atom is 0.286 e. The second-order valence-corrected chi connectivity index (χ2v) is 5.52. The van der Waals surface area contributed by atoms with Crippen LogP contribution in [0.3, 0.4) is 0 Å². The van der Waals surface area contributed by atoms with Crippen LogP contribution in [0, 0.1) is 6.92 Å². The number of carbonyl (C=O) groups excluding carboxylic acids is 2. The van der Waals surface area contributed by atoms with E-state index in [1.165, 1.54) is 6.07 Å². The summed E-state index contributed by atoms with van der Waals surface area (Å²) in [5, 5.41) is 2.48. The van der Waals surface area contributed by atoms with E-state index in [2.05, 4.69) is 11.9 Å². The zero-order valence-corrected chi connectivity index (χ0v) is 12.7. The molecule has 0 saturated carbocycles. The van der Waals surface area contributed by atoms with Crippen LogP contribution in [0.25, 0.3) is 0 Å². The van der Waals surface area contributed by atoms with Crippen molar-refractivity contribution in [1.82, 2.24) is 10.2 Å². The highest BCUT2D eigenvalue weighted by molar-refractivity contribution is 6.34. The van der Waals surface area contributed by atoms with E-state index in [0.29, 0.717) is 5.56 Å². The van der Waals surface area contributed by atoms with Crippen LogP contribution in [0.4, 0.5) is 8.78 Å².